The standard InChI is InChI=1S/C33H41Cl2N3O4S/c1-6-25(4)36-33(40)31(20-26-11-8-7-9-12-26)37(22-27-15-16-28(34)21-30(27)35)32(39)13-10-18-38(43(5,41)42)29-17-14-23(2)24(3)19-29/h7-9,11-12,14-17,19,21,25,31H,6,10,13,18,20,22H2,1-5H3,(H,36,40)/t25-,31+/m0/s1. The maximum Gasteiger partial charge on any atom is 0.243 e. The smallest absolute Gasteiger partial charge is 0.243 e. The summed E-state index contributed by atoms with van der Waals surface area (Å²) in [4.78, 5) is 29.3. The number of aryl methyl sites for hydroxylation is 2. The molecule has 0 saturated carbocycles. The normalized spacial score (nSPS) is 12.8. The second-order valence-electron chi connectivity index (χ2n) is 11.0. The highest BCUT2D eigenvalue weighted by molar-refractivity contribution is 7.92. The van der Waals surface area contributed by atoms with Gasteiger partial charge in [-0.05, 0) is 80.1 Å². The fourth-order valence-electron chi connectivity index (χ4n) is 4.71. The Bertz CT molecular complexity index is 1520. The number of carbonyl (C=O) groups excluding carboxylic acids is 2. The minimum absolute atomic E-state index is 0.0317. The van der Waals surface area contributed by atoms with E-state index in [0.717, 1.165) is 29.4 Å². The average Bonchev–Trinajstić information content (AvgIpc) is 2.95. The Balaban J connectivity index is 1.93. The van der Waals surface area contributed by atoms with Crippen molar-refractivity contribution in [1.82, 2.24) is 10.2 Å². The molecule has 232 valence electrons. The lowest BCUT2D eigenvalue weighted by molar-refractivity contribution is -0.141. The molecule has 0 saturated heterocycles. The van der Waals surface area contributed by atoms with Crippen LogP contribution >= 0.6 is 23.2 Å². The lowest BCUT2D eigenvalue weighted by atomic mass is 10.0. The van der Waals surface area contributed by atoms with Gasteiger partial charge in [-0.2, -0.15) is 0 Å². The summed E-state index contributed by atoms with van der Waals surface area (Å²) in [6.07, 6.45) is 2.49. The highest BCUT2D eigenvalue weighted by atomic mass is 35.5. The van der Waals surface area contributed by atoms with Crippen molar-refractivity contribution >= 4 is 50.7 Å². The van der Waals surface area contributed by atoms with Crippen LogP contribution in [0, 0.1) is 13.8 Å². The summed E-state index contributed by atoms with van der Waals surface area (Å²) >= 11 is 12.7. The average molecular weight is 647 g/mol. The van der Waals surface area contributed by atoms with Crippen LogP contribution in [0.4, 0.5) is 5.69 Å². The van der Waals surface area contributed by atoms with E-state index in [1.807, 2.05) is 70.2 Å². The van der Waals surface area contributed by atoms with Gasteiger partial charge in [0.05, 0.1) is 11.9 Å². The van der Waals surface area contributed by atoms with Crippen molar-refractivity contribution in [1.29, 1.82) is 0 Å². The molecule has 3 aromatic rings. The van der Waals surface area contributed by atoms with Gasteiger partial charge < -0.3 is 10.2 Å². The SMILES string of the molecule is CC[C@H](C)NC(=O)[C@@H](Cc1ccccc1)N(Cc1ccc(Cl)cc1Cl)C(=O)CCCN(c1ccc(C)c(C)c1)S(C)(=O)=O. The lowest BCUT2D eigenvalue weighted by Gasteiger charge is -2.33. The van der Waals surface area contributed by atoms with Gasteiger partial charge in [0.15, 0.2) is 0 Å². The number of benzene rings is 3. The molecule has 0 fully saturated rings. The molecule has 0 aromatic heterocycles. The van der Waals surface area contributed by atoms with Crippen LogP contribution in [0.5, 0.6) is 0 Å². The van der Waals surface area contributed by atoms with Crippen LogP contribution in [0.3, 0.4) is 0 Å². The molecule has 2 amide bonds. The van der Waals surface area contributed by atoms with Crippen LogP contribution in [-0.4, -0.2) is 50.0 Å². The summed E-state index contributed by atoms with van der Waals surface area (Å²) in [5, 5.41) is 3.91. The summed E-state index contributed by atoms with van der Waals surface area (Å²) in [6.45, 7) is 8.01. The number of amides is 2. The van der Waals surface area contributed by atoms with Gasteiger partial charge in [0.1, 0.15) is 6.04 Å². The fourth-order valence-corrected chi connectivity index (χ4v) is 6.14. The molecule has 0 heterocycles. The van der Waals surface area contributed by atoms with Crippen LogP contribution in [0.1, 0.15) is 55.4 Å². The van der Waals surface area contributed by atoms with Crippen molar-refractivity contribution in [2.45, 2.75) is 72.0 Å². The summed E-state index contributed by atoms with van der Waals surface area (Å²) in [5.41, 5.74) is 4.15. The van der Waals surface area contributed by atoms with Crippen LogP contribution in [-0.2, 0) is 32.6 Å². The number of hydrogen-bond donors (Lipinski definition) is 1. The van der Waals surface area contributed by atoms with Crippen molar-refractivity contribution in [3.63, 3.8) is 0 Å². The number of nitrogens with one attached hydrogen (secondary N) is 1. The number of anilines is 1. The topological polar surface area (TPSA) is 86.8 Å². The highest BCUT2D eigenvalue weighted by Crippen LogP contribution is 2.26. The molecular formula is C33H41Cl2N3O4S. The first-order chi connectivity index (χ1) is 20.3. The first kappa shape index (κ1) is 34.4. The number of nitrogens with zero attached hydrogens (tertiary/aromatic N) is 2. The molecule has 0 aliphatic heterocycles. The number of carbonyl (C=O) groups is 2. The van der Waals surface area contributed by atoms with E-state index in [1.165, 1.54) is 4.31 Å². The first-order valence-corrected chi connectivity index (χ1v) is 17.0. The minimum atomic E-state index is -3.60. The molecule has 43 heavy (non-hydrogen) atoms. The molecule has 1 N–H and O–H groups in total. The summed E-state index contributed by atoms with van der Waals surface area (Å²) in [6, 6.07) is 19.2. The van der Waals surface area contributed by atoms with Gasteiger partial charge in [0.2, 0.25) is 21.8 Å². The maximum atomic E-state index is 14.0. The van der Waals surface area contributed by atoms with Gasteiger partial charge >= 0.3 is 0 Å². The van der Waals surface area contributed by atoms with Crippen molar-refractivity contribution in [2.75, 3.05) is 17.1 Å². The van der Waals surface area contributed by atoms with Gasteiger partial charge in [-0.3, -0.25) is 13.9 Å². The molecule has 0 unspecified atom stereocenters. The van der Waals surface area contributed by atoms with Crippen molar-refractivity contribution < 1.29 is 18.0 Å². The Kier molecular flexibility index (Phi) is 12.5. The quantitative estimate of drug-likeness (QED) is 0.211. The molecule has 0 aliphatic rings. The van der Waals surface area contributed by atoms with Crippen LogP contribution in [0.2, 0.25) is 10.0 Å². The molecule has 0 aliphatic carbocycles. The third-order valence-corrected chi connectivity index (χ3v) is 9.34. The highest BCUT2D eigenvalue weighted by Gasteiger charge is 2.31. The molecular weight excluding hydrogens is 605 g/mol. The maximum absolute atomic E-state index is 14.0. The van der Waals surface area contributed by atoms with Crippen LogP contribution < -0.4 is 9.62 Å². The van der Waals surface area contributed by atoms with E-state index in [2.05, 4.69) is 5.32 Å². The molecule has 3 aromatic carbocycles. The van der Waals surface area contributed by atoms with Crippen LogP contribution in [0.15, 0.2) is 66.7 Å². The second kappa shape index (κ2) is 15.6. The van der Waals surface area contributed by atoms with E-state index in [-0.39, 0.29) is 43.8 Å². The Hall–Kier alpha value is -3.07. The van der Waals surface area contributed by atoms with Gasteiger partial charge in [-0.15, -0.1) is 0 Å². The van der Waals surface area contributed by atoms with E-state index >= 15 is 0 Å². The zero-order chi connectivity index (χ0) is 31.7. The van der Waals surface area contributed by atoms with Gasteiger partial charge in [-0.1, -0.05) is 72.6 Å². The molecule has 10 heteroatoms. The molecule has 0 spiro atoms. The predicted octanol–water partition coefficient (Wildman–Crippen LogP) is 6.71. The Labute approximate surface area is 266 Å². The molecule has 0 bridgehead atoms. The molecule has 3 rings (SSSR count). The van der Waals surface area contributed by atoms with Crippen molar-refractivity contribution in [2.24, 2.45) is 0 Å². The Morgan fingerprint density at radius 2 is 1.65 bits per heavy atom. The Morgan fingerprint density at radius 3 is 2.26 bits per heavy atom. The number of halogens is 2. The number of hydrogen-bond acceptors (Lipinski definition) is 4. The van der Waals surface area contributed by atoms with Crippen molar-refractivity contribution in [3.8, 4) is 0 Å². The van der Waals surface area contributed by atoms with E-state index in [9.17, 15) is 18.0 Å². The molecule has 2 atom stereocenters. The van der Waals surface area contributed by atoms with Crippen molar-refractivity contribution in [3.05, 3.63) is 99.0 Å². The number of rotatable bonds is 14. The van der Waals surface area contributed by atoms with Gasteiger partial charge in [0, 0.05) is 42.0 Å². The van der Waals surface area contributed by atoms with E-state index < -0.39 is 16.1 Å². The van der Waals surface area contributed by atoms with Crippen LogP contribution in [0.25, 0.3) is 0 Å². The largest absolute Gasteiger partial charge is 0.352 e. The summed E-state index contributed by atoms with van der Waals surface area (Å²) in [5.74, 6) is -0.538. The van der Waals surface area contributed by atoms with Gasteiger partial charge in [-0.25, -0.2) is 8.42 Å². The second-order valence-corrected chi connectivity index (χ2v) is 13.7. The fraction of sp³-hybridized carbons (Fsp3) is 0.394. The summed E-state index contributed by atoms with van der Waals surface area (Å²) in [7, 11) is -3.60. The Morgan fingerprint density at radius 1 is 0.953 bits per heavy atom. The third-order valence-electron chi connectivity index (χ3n) is 7.56. The van der Waals surface area contributed by atoms with E-state index in [0.29, 0.717) is 27.7 Å². The van der Waals surface area contributed by atoms with Gasteiger partial charge in [0.25, 0.3) is 0 Å². The zero-order valence-electron chi connectivity index (χ0n) is 25.4. The zero-order valence-corrected chi connectivity index (χ0v) is 27.8. The predicted molar refractivity (Wildman–Crippen MR) is 176 cm³/mol. The van der Waals surface area contributed by atoms with E-state index in [4.69, 9.17) is 23.2 Å². The number of sulfonamides is 1. The summed E-state index contributed by atoms with van der Waals surface area (Å²) < 4.78 is 26.8. The first-order valence-electron chi connectivity index (χ1n) is 14.4. The minimum Gasteiger partial charge on any atom is -0.352 e. The van der Waals surface area contributed by atoms with E-state index in [1.54, 1.807) is 29.2 Å². The molecule has 0 radical (unpaired) electrons. The lowest BCUT2D eigenvalue weighted by Crippen LogP contribution is -2.52. The third kappa shape index (κ3) is 9.98. The monoisotopic (exact) mass is 645 g/mol. The molecule has 7 nitrogen and oxygen atoms in total.